The zero-order valence-electron chi connectivity index (χ0n) is 28.0. The van der Waals surface area contributed by atoms with Gasteiger partial charge in [-0.05, 0) is 77.0 Å². The molecule has 246 valence electrons. The molecule has 4 heteroatoms. The van der Waals surface area contributed by atoms with Crippen LogP contribution in [0.5, 0.6) is 0 Å². The molecule has 0 aromatic heterocycles. The lowest BCUT2D eigenvalue weighted by atomic mass is 10.0. The van der Waals surface area contributed by atoms with Crippen molar-refractivity contribution < 1.29 is 19.4 Å². The van der Waals surface area contributed by atoms with Crippen LogP contribution in [0.25, 0.3) is 0 Å². The highest BCUT2D eigenvalue weighted by atomic mass is 16.5. The average Bonchev–Trinajstić information content (AvgIpc) is 2.99. The molecule has 0 saturated heterocycles. The van der Waals surface area contributed by atoms with E-state index in [9.17, 15) is 9.59 Å². The van der Waals surface area contributed by atoms with Crippen LogP contribution in [0, 0.1) is 0 Å². The van der Waals surface area contributed by atoms with Crippen LogP contribution in [0.2, 0.25) is 0 Å². The zero-order valence-corrected chi connectivity index (χ0v) is 28.0. The van der Waals surface area contributed by atoms with Crippen molar-refractivity contribution in [3.8, 4) is 0 Å². The molecule has 43 heavy (non-hydrogen) atoms. The van der Waals surface area contributed by atoms with Gasteiger partial charge in [-0.3, -0.25) is 9.59 Å². The minimum absolute atomic E-state index is 0.0154. The largest absolute Gasteiger partial charge is 0.481 e. The molecular formula is C39H66O4. The number of esters is 1. The molecule has 0 heterocycles. The van der Waals surface area contributed by atoms with Gasteiger partial charge < -0.3 is 9.84 Å². The lowest BCUT2D eigenvalue weighted by Gasteiger charge is -2.18. The molecule has 0 amide bonds. The summed E-state index contributed by atoms with van der Waals surface area (Å²) in [7, 11) is 0. The standard InChI is InChI=1S/C39H66O4/c1-3-5-7-8-9-10-11-12-13-14-15-16-17-18-19-20-21-22-26-29-32-36-39(42)43-37(33-6-4-2)34-30-27-24-23-25-28-31-35-38(40)41/h5,7,9-10,12-13,15-16,18-19,37H,3-4,6,8,11,14,17,20-36H2,1-2H3,(H,40,41)/b7-5-,10-9-,13-12-,16-15-,19-18-. The maximum absolute atomic E-state index is 12.4. The van der Waals surface area contributed by atoms with E-state index in [1.165, 1.54) is 38.5 Å². The number of carboxylic acid groups (broad SMARTS) is 1. The van der Waals surface area contributed by atoms with Gasteiger partial charge in [-0.25, -0.2) is 0 Å². The number of carbonyl (C=O) groups excluding carboxylic acids is 1. The van der Waals surface area contributed by atoms with Gasteiger partial charge in [0.1, 0.15) is 6.10 Å². The fraction of sp³-hybridized carbons (Fsp3) is 0.692. The van der Waals surface area contributed by atoms with E-state index in [1.54, 1.807) is 0 Å². The van der Waals surface area contributed by atoms with Gasteiger partial charge in [0.2, 0.25) is 0 Å². The first-order chi connectivity index (χ1) is 21.1. The number of allylic oxidation sites excluding steroid dienone is 10. The van der Waals surface area contributed by atoms with Crippen LogP contribution in [-0.4, -0.2) is 23.1 Å². The first-order valence-electron chi connectivity index (χ1n) is 17.8. The lowest BCUT2D eigenvalue weighted by molar-refractivity contribution is -0.150. The van der Waals surface area contributed by atoms with Crippen LogP contribution >= 0.6 is 0 Å². The highest BCUT2D eigenvalue weighted by Crippen LogP contribution is 2.17. The summed E-state index contributed by atoms with van der Waals surface area (Å²) in [6.07, 6.45) is 47.0. The number of hydrogen-bond acceptors (Lipinski definition) is 3. The minimum atomic E-state index is -0.694. The fourth-order valence-electron chi connectivity index (χ4n) is 4.90. The topological polar surface area (TPSA) is 63.6 Å². The summed E-state index contributed by atoms with van der Waals surface area (Å²) in [5, 5.41) is 8.69. The third-order valence-electron chi connectivity index (χ3n) is 7.50. The Hall–Kier alpha value is -2.36. The molecule has 1 unspecified atom stereocenters. The smallest absolute Gasteiger partial charge is 0.306 e. The van der Waals surface area contributed by atoms with E-state index in [0.29, 0.717) is 6.42 Å². The van der Waals surface area contributed by atoms with Crippen molar-refractivity contribution in [1.29, 1.82) is 0 Å². The van der Waals surface area contributed by atoms with Crippen LogP contribution in [0.3, 0.4) is 0 Å². The van der Waals surface area contributed by atoms with Crippen molar-refractivity contribution in [3.05, 3.63) is 60.8 Å². The van der Waals surface area contributed by atoms with Crippen LogP contribution in [0.1, 0.15) is 168 Å². The van der Waals surface area contributed by atoms with E-state index in [-0.39, 0.29) is 18.5 Å². The number of carboxylic acids is 1. The van der Waals surface area contributed by atoms with Crippen molar-refractivity contribution in [2.45, 2.75) is 174 Å². The van der Waals surface area contributed by atoms with Gasteiger partial charge >= 0.3 is 11.9 Å². The monoisotopic (exact) mass is 598 g/mol. The molecule has 0 fully saturated rings. The Labute approximate surface area is 265 Å². The van der Waals surface area contributed by atoms with E-state index >= 15 is 0 Å². The average molecular weight is 599 g/mol. The molecule has 0 rings (SSSR count). The molecule has 0 aliphatic carbocycles. The first-order valence-corrected chi connectivity index (χ1v) is 17.8. The Kier molecular flexibility index (Phi) is 32.3. The lowest BCUT2D eigenvalue weighted by Crippen LogP contribution is -2.18. The predicted molar refractivity (Wildman–Crippen MR) is 185 cm³/mol. The highest BCUT2D eigenvalue weighted by molar-refractivity contribution is 5.69. The second-order valence-corrected chi connectivity index (χ2v) is 11.7. The number of aliphatic carboxylic acids is 1. The van der Waals surface area contributed by atoms with Gasteiger partial charge in [-0.1, -0.05) is 139 Å². The molecular weight excluding hydrogens is 532 g/mol. The molecule has 1 atom stereocenters. The summed E-state index contributed by atoms with van der Waals surface area (Å²) in [6, 6.07) is 0. The van der Waals surface area contributed by atoms with Crippen molar-refractivity contribution in [2.75, 3.05) is 0 Å². The van der Waals surface area contributed by atoms with E-state index in [2.05, 4.69) is 74.6 Å². The quantitative estimate of drug-likeness (QED) is 0.0490. The number of hydrogen-bond donors (Lipinski definition) is 1. The Balaban J connectivity index is 3.73. The van der Waals surface area contributed by atoms with E-state index in [1.807, 2.05) is 0 Å². The van der Waals surface area contributed by atoms with Crippen molar-refractivity contribution >= 4 is 11.9 Å². The first kappa shape index (κ1) is 40.6. The Morgan fingerprint density at radius 1 is 0.535 bits per heavy atom. The van der Waals surface area contributed by atoms with Gasteiger partial charge in [-0.2, -0.15) is 0 Å². The second-order valence-electron chi connectivity index (χ2n) is 11.7. The number of carbonyl (C=O) groups is 2. The third kappa shape index (κ3) is 34.0. The molecule has 0 spiro atoms. The van der Waals surface area contributed by atoms with Gasteiger partial charge in [0.05, 0.1) is 0 Å². The van der Waals surface area contributed by atoms with E-state index in [0.717, 1.165) is 103 Å². The Morgan fingerprint density at radius 2 is 0.977 bits per heavy atom. The summed E-state index contributed by atoms with van der Waals surface area (Å²) >= 11 is 0. The molecule has 0 aromatic carbocycles. The zero-order chi connectivity index (χ0) is 31.5. The van der Waals surface area contributed by atoms with E-state index < -0.39 is 5.97 Å². The maximum Gasteiger partial charge on any atom is 0.306 e. The summed E-state index contributed by atoms with van der Waals surface area (Å²) < 4.78 is 5.86. The summed E-state index contributed by atoms with van der Waals surface area (Å²) in [4.78, 5) is 23.0. The van der Waals surface area contributed by atoms with Gasteiger partial charge in [-0.15, -0.1) is 0 Å². The molecule has 0 aromatic rings. The summed E-state index contributed by atoms with van der Waals surface area (Å²) in [5.41, 5.74) is 0. The molecule has 0 radical (unpaired) electrons. The SMILES string of the molecule is CC/C=C\C/C=C\C/C=C\C/C=C\C/C=C\CCCCCCCC(=O)OC(CCCC)CCCCCCCCCC(=O)O. The van der Waals surface area contributed by atoms with E-state index in [4.69, 9.17) is 9.84 Å². The summed E-state index contributed by atoms with van der Waals surface area (Å²) in [5.74, 6) is -0.709. The Morgan fingerprint density at radius 3 is 1.51 bits per heavy atom. The third-order valence-corrected chi connectivity index (χ3v) is 7.50. The predicted octanol–water partition coefficient (Wildman–Crippen LogP) is 12.2. The number of ether oxygens (including phenoxy) is 1. The van der Waals surface area contributed by atoms with Crippen LogP contribution in [-0.2, 0) is 14.3 Å². The minimum Gasteiger partial charge on any atom is -0.481 e. The van der Waals surface area contributed by atoms with Crippen molar-refractivity contribution in [2.24, 2.45) is 0 Å². The molecule has 1 N–H and O–H groups in total. The molecule has 4 nitrogen and oxygen atoms in total. The van der Waals surface area contributed by atoms with Crippen molar-refractivity contribution in [3.63, 3.8) is 0 Å². The number of unbranched alkanes of at least 4 members (excludes halogenated alkanes) is 12. The second kappa shape index (κ2) is 34.1. The molecule has 0 saturated carbocycles. The fourth-order valence-corrected chi connectivity index (χ4v) is 4.90. The Bertz CT molecular complexity index is 774. The molecule has 0 aliphatic rings. The molecule has 0 aliphatic heterocycles. The highest BCUT2D eigenvalue weighted by Gasteiger charge is 2.13. The van der Waals surface area contributed by atoms with Gasteiger partial charge in [0, 0.05) is 12.8 Å². The molecule has 0 bridgehead atoms. The number of rotatable bonds is 31. The normalized spacial score (nSPS) is 13.0. The summed E-state index contributed by atoms with van der Waals surface area (Å²) in [6.45, 7) is 4.35. The van der Waals surface area contributed by atoms with Crippen LogP contribution < -0.4 is 0 Å². The van der Waals surface area contributed by atoms with Crippen molar-refractivity contribution in [1.82, 2.24) is 0 Å². The van der Waals surface area contributed by atoms with Gasteiger partial charge in [0.25, 0.3) is 0 Å². The van der Waals surface area contributed by atoms with Crippen LogP contribution in [0.4, 0.5) is 0 Å². The van der Waals surface area contributed by atoms with Crippen LogP contribution in [0.15, 0.2) is 60.8 Å². The maximum atomic E-state index is 12.4. The van der Waals surface area contributed by atoms with Gasteiger partial charge in [0.15, 0.2) is 0 Å².